The lowest BCUT2D eigenvalue weighted by Gasteiger charge is -1.99. The second-order valence-corrected chi connectivity index (χ2v) is 2.42. The Morgan fingerprint density at radius 2 is 1.77 bits per heavy atom. The minimum Gasteiger partial charge on any atom is -0.341 e. The molecule has 67 valence electrons. The van der Waals surface area contributed by atoms with E-state index in [9.17, 15) is 14.7 Å². The van der Waals surface area contributed by atoms with E-state index >= 15 is 0 Å². The van der Waals surface area contributed by atoms with Crippen molar-refractivity contribution in [3.63, 3.8) is 0 Å². The van der Waals surface area contributed by atoms with Gasteiger partial charge < -0.3 is 5.32 Å². The van der Waals surface area contributed by atoms with Crippen molar-refractivity contribution in [1.29, 1.82) is 0 Å². The minimum absolute atomic E-state index is 0.412. The van der Waals surface area contributed by atoms with E-state index in [-0.39, 0.29) is 0 Å². The maximum Gasteiger partial charge on any atom is 0.374 e. The molecule has 0 atom stereocenters. The molecule has 0 unspecified atom stereocenters. The van der Waals surface area contributed by atoms with Gasteiger partial charge in [-0.2, -0.15) is 0 Å². The molecule has 0 spiro atoms. The molecule has 0 aliphatic carbocycles. The van der Waals surface area contributed by atoms with Gasteiger partial charge in [-0.25, -0.2) is 9.90 Å². The van der Waals surface area contributed by atoms with Crippen LogP contribution in [0.25, 0.3) is 0 Å². The molecule has 1 radical (unpaired) electrons. The van der Waals surface area contributed by atoms with Crippen molar-refractivity contribution in [3.05, 3.63) is 35.9 Å². The number of carbonyl (C=O) groups is 2. The van der Waals surface area contributed by atoms with E-state index in [0.29, 0.717) is 5.56 Å². The standard InChI is InChI=1S/C9H8NO3/c11-8(12)6-10-9(13)7-4-2-1-3-5-7/h1-5H,6H2,(H,10,13). The van der Waals surface area contributed by atoms with Gasteiger partial charge in [0.25, 0.3) is 5.91 Å². The van der Waals surface area contributed by atoms with Crippen molar-refractivity contribution in [1.82, 2.24) is 5.32 Å². The van der Waals surface area contributed by atoms with Crippen LogP contribution in [-0.4, -0.2) is 18.4 Å². The van der Waals surface area contributed by atoms with E-state index in [4.69, 9.17) is 0 Å². The molecule has 0 saturated heterocycles. The fraction of sp³-hybridized carbons (Fsp3) is 0.111. The number of hydrogen-bond donors (Lipinski definition) is 1. The monoisotopic (exact) mass is 178 g/mol. The first-order chi connectivity index (χ1) is 6.20. The summed E-state index contributed by atoms with van der Waals surface area (Å²) < 4.78 is 0. The van der Waals surface area contributed by atoms with Gasteiger partial charge in [0.15, 0.2) is 0 Å². The molecule has 4 heteroatoms. The minimum atomic E-state index is -1.30. The van der Waals surface area contributed by atoms with E-state index in [0.717, 1.165) is 0 Å². The van der Waals surface area contributed by atoms with Crippen molar-refractivity contribution in [3.8, 4) is 0 Å². The Balaban J connectivity index is 2.54. The summed E-state index contributed by atoms with van der Waals surface area (Å²) in [4.78, 5) is 21.2. The van der Waals surface area contributed by atoms with Crippen LogP contribution in [0.2, 0.25) is 0 Å². The summed E-state index contributed by atoms with van der Waals surface area (Å²) in [5, 5.41) is 12.2. The first-order valence-electron chi connectivity index (χ1n) is 3.73. The van der Waals surface area contributed by atoms with Crippen molar-refractivity contribution >= 4 is 11.9 Å². The Morgan fingerprint density at radius 1 is 1.15 bits per heavy atom. The SMILES string of the molecule is [O]C(=O)CNC(=O)c1ccccc1. The maximum atomic E-state index is 11.1. The van der Waals surface area contributed by atoms with Gasteiger partial charge in [-0.15, -0.1) is 0 Å². The zero-order valence-electron chi connectivity index (χ0n) is 6.82. The molecule has 0 fully saturated rings. The van der Waals surface area contributed by atoms with Crippen LogP contribution in [0.1, 0.15) is 10.4 Å². The molecule has 0 aromatic heterocycles. The fourth-order valence-corrected chi connectivity index (χ4v) is 0.844. The number of amides is 1. The van der Waals surface area contributed by atoms with Gasteiger partial charge in [0.1, 0.15) is 6.54 Å². The molecule has 1 rings (SSSR count). The van der Waals surface area contributed by atoms with Crippen LogP contribution in [0.15, 0.2) is 30.3 Å². The summed E-state index contributed by atoms with van der Waals surface area (Å²) in [6, 6.07) is 8.38. The summed E-state index contributed by atoms with van der Waals surface area (Å²) in [6.45, 7) is -0.465. The highest BCUT2D eigenvalue weighted by molar-refractivity contribution is 5.95. The van der Waals surface area contributed by atoms with Crippen molar-refractivity contribution in [2.45, 2.75) is 0 Å². The molecular weight excluding hydrogens is 170 g/mol. The molecule has 4 nitrogen and oxygen atoms in total. The number of carbonyl (C=O) groups excluding carboxylic acids is 2. The second kappa shape index (κ2) is 4.25. The topological polar surface area (TPSA) is 66.1 Å². The molecule has 1 aromatic rings. The van der Waals surface area contributed by atoms with Gasteiger partial charge in [-0.1, -0.05) is 18.2 Å². The van der Waals surface area contributed by atoms with Gasteiger partial charge >= 0.3 is 5.97 Å². The van der Waals surface area contributed by atoms with Crippen LogP contribution in [0.5, 0.6) is 0 Å². The summed E-state index contributed by atoms with van der Waals surface area (Å²) in [5.41, 5.74) is 0.434. The van der Waals surface area contributed by atoms with E-state index in [2.05, 4.69) is 5.32 Å². The Bertz CT molecular complexity index is 308. The van der Waals surface area contributed by atoms with Gasteiger partial charge in [0, 0.05) is 5.56 Å². The first kappa shape index (κ1) is 9.25. The predicted octanol–water partition coefficient (Wildman–Crippen LogP) is 0.373. The quantitative estimate of drug-likeness (QED) is 0.726. The molecular formula is C9H8NO3. The Kier molecular flexibility index (Phi) is 3.03. The molecule has 0 saturated carbocycles. The van der Waals surface area contributed by atoms with E-state index < -0.39 is 18.4 Å². The highest BCUT2D eigenvalue weighted by Gasteiger charge is 2.06. The third-order valence-electron chi connectivity index (χ3n) is 1.43. The molecule has 1 N–H and O–H groups in total. The highest BCUT2D eigenvalue weighted by atomic mass is 16.4. The Morgan fingerprint density at radius 3 is 2.31 bits per heavy atom. The third-order valence-corrected chi connectivity index (χ3v) is 1.43. The number of hydrogen-bond acceptors (Lipinski definition) is 2. The van der Waals surface area contributed by atoms with Crippen molar-refractivity contribution in [2.24, 2.45) is 0 Å². The van der Waals surface area contributed by atoms with E-state index in [1.165, 1.54) is 0 Å². The van der Waals surface area contributed by atoms with E-state index in [1.54, 1.807) is 30.3 Å². The molecule has 0 aliphatic rings. The van der Waals surface area contributed by atoms with Gasteiger partial charge in [0.2, 0.25) is 0 Å². The first-order valence-corrected chi connectivity index (χ1v) is 3.73. The fourth-order valence-electron chi connectivity index (χ4n) is 0.844. The van der Waals surface area contributed by atoms with Gasteiger partial charge in [-0.3, -0.25) is 4.79 Å². The Labute approximate surface area is 75.2 Å². The zero-order valence-corrected chi connectivity index (χ0v) is 6.82. The Hall–Kier alpha value is -1.84. The normalized spacial score (nSPS) is 9.23. The predicted molar refractivity (Wildman–Crippen MR) is 44.5 cm³/mol. The average Bonchev–Trinajstić information content (AvgIpc) is 2.15. The molecule has 0 aliphatic heterocycles. The summed E-state index contributed by atoms with van der Waals surface area (Å²) in [5.74, 6) is -1.71. The number of rotatable bonds is 3. The summed E-state index contributed by atoms with van der Waals surface area (Å²) in [6.07, 6.45) is 0. The largest absolute Gasteiger partial charge is 0.374 e. The van der Waals surface area contributed by atoms with Crippen LogP contribution in [0, 0.1) is 0 Å². The van der Waals surface area contributed by atoms with Gasteiger partial charge in [-0.05, 0) is 12.1 Å². The molecule has 0 bridgehead atoms. The molecule has 0 heterocycles. The van der Waals surface area contributed by atoms with Crippen LogP contribution in [0.4, 0.5) is 0 Å². The number of nitrogens with one attached hydrogen (secondary N) is 1. The molecule has 1 aromatic carbocycles. The lowest BCUT2D eigenvalue weighted by Crippen LogP contribution is -2.28. The average molecular weight is 178 g/mol. The third kappa shape index (κ3) is 2.94. The lowest BCUT2D eigenvalue weighted by molar-refractivity contribution is -0.141. The molecule has 13 heavy (non-hydrogen) atoms. The number of benzene rings is 1. The van der Waals surface area contributed by atoms with Crippen molar-refractivity contribution < 1.29 is 14.7 Å². The summed E-state index contributed by atoms with van der Waals surface area (Å²) in [7, 11) is 0. The smallest absolute Gasteiger partial charge is 0.341 e. The second-order valence-electron chi connectivity index (χ2n) is 2.42. The van der Waals surface area contributed by atoms with E-state index in [1.807, 2.05) is 0 Å². The lowest BCUT2D eigenvalue weighted by atomic mass is 10.2. The molecule has 1 amide bonds. The van der Waals surface area contributed by atoms with Crippen LogP contribution < -0.4 is 5.32 Å². The highest BCUT2D eigenvalue weighted by Crippen LogP contribution is 1.96. The zero-order chi connectivity index (χ0) is 9.68. The summed E-state index contributed by atoms with van der Waals surface area (Å²) >= 11 is 0. The van der Waals surface area contributed by atoms with Crippen LogP contribution >= 0.6 is 0 Å². The van der Waals surface area contributed by atoms with Crippen molar-refractivity contribution in [2.75, 3.05) is 6.54 Å². The van der Waals surface area contributed by atoms with Gasteiger partial charge in [0.05, 0.1) is 0 Å². The van der Waals surface area contributed by atoms with Crippen LogP contribution in [0.3, 0.4) is 0 Å². The van der Waals surface area contributed by atoms with Crippen LogP contribution in [-0.2, 0) is 9.90 Å². The maximum absolute atomic E-state index is 11.1.